The van der Waals surface area contributed by atoms with Crippen LogP contribution in [0.2, 0.25) is 0 Å². The normalized spacial score (nSPS) is 34.2. The molecule has 1 unspecified atom stereocenters. The Hall–Kier alpha value is -0.0151. The van der Waals surface area contributed by atoms with Gasteiger partial charge in [0.25, 0.3) is 0 Å². The van der Waals surface area contributed by atoms with Crippen molar-refractivity contribution in [2.24, 2.45) is 0 Å². The van der Waals surface area contributed by atoms with Crippen molar-refractivity contribution in [3.63, 3.8) is 0 Å². The molecule has 78 valence electrons. The van der Waals surface area contributed by atoms with Crippen LogP contribution in [0.3, 0.4) is 0 Å². The molecule has 0 aromatic rings. The molecule has 1 saturated heterocycles. The largest absolute Gasteiger partial charge is 0.334 e. The zero-order chi connectivity index (χ0) is 10.0. The molecule has 1 N–H and O–H groups in total. The lowest BCUT2D eigenvalue weighted by Crippen LogP contribution is -2.47. The number of hydrogen-bond donors (Lipinski definition) is 1. The van der Waals surface area contributed by atoms with E-state index in [1.165, 1.54) is 44.9 Å². The lowest BCUT2D eigenvalue weighted by atomic mass is 9.82. The predicted molar refractivity (Wildman–Crippen MR) is 60.1 cm³/mol. The zero-order valence-corrected chi connectivity index (χ0v) is 9.26. The quantitative estimate of drug-likeness (QED) is 0.589. The van der Waals surface area contributed by atoms with Crippen LogP contribution < -0.4 is 5.32 Å². The second-order valence-electron chi connectivity index (χ2n) is 4.96. The smallest absolute Gasteiger partial charge is 0.185 e. The van der Waals surface area contributed by atoms with E-state index >= 15 is 0 Å². The Labute approximate surface area is 88.9 Å². The first kappa shape index (κ1) is 10.5. The predicted octanol–water partition coefficient (Wildman–Crippen LogP) is 1.80. The second-order valence-corrected chi connectivity index (χ2v) is 4.96. The Morgan fingerprint density at radius 3 is 2.21 bits per heavy atom. The second kappa shape index (κ2) is 4.24. The molecule has 1 heterocycles. The van der Waals surface area contributed by atoms with Gasteiger partial charge in [-0.25, -0.2) is 0 Å². The summed E-state index contributed by atoms with van der Waals surface area (Å²) in [6.07, 6.45) is 9.82. The Balaban J connectivity index is 2.04. The summed E-state index contributed by atoms with van der Waals surface area (Å²) in [6, 6.07) is 0. The van der Waals surface area contributed by atoms with Gasteiger partial charge in [-0.2, -0.15) is 0 Å². The third-order valence-electron chi connectivity index (χ3n) is 3.98. The van der Waals surface area contributed by atoms with Gasteiger partial charge in [0.2, 0.25) is 0 Å². The molecule has 0 amide bonds. The topological polar surface area (TPSA) is 15.3 Å². The van der Waals surface area contributed by atoms with Gasteiger partial charge in [-0.15, -0.1) is 0 Å². The molecule has 1 saturated carbocycles. The van der Waals surface area contributed by atoms with E-state index in [9.17, 15) is 0 Å². The van der Waals surface area contributed by atoms with Crippen molar-refractivity contribution in [1.82, 2.24) is 10.1 Å². The van der Waals surface area contributed by atoms with E-state index in [0.717, 1.165) is 6.54 Å². The van der Waals surface area contributed by atoms with Crippen molar-refractivity contribution < 1.29 is 0 Å². The van der Waals surface area contributed by atoms with Gasteiger partial charge in [-0.05, 0) is 19.8 Å². The van der Waals surface area contributed by atoms with Crippen LogP contribution in [0.25, 0.3) is 0 Å². The molecular weight excluding hydrogens is 171 g/mol. The fourth-order valence-electron chi connectivity index (χ4n) is 2.94. The van der Waals surface area contributed by atoms with Crippen molar-refractivity contribution in [3.8, 4) is 0 Å². The molecule has 2 aliphatic rings. The molecule has 1 aliphatic heterocycles. The molecule has 2 rings (SSSR count). The average Bonchev–Trinajstić information content (AvgIpc) is 2.41. The lowest BCUT2D eigenvalue weighted by molar-refractivity contribution is 0.180. The molecule has 14 heavy (non-hydrogen) atoms. The summed E-state index contributed by atoms with van der Waals surface area (Å²) >= 11 is 0. The Morgan fingerprint density at radius 2 is 1.71 bits per heavy atom. The Morgan fingerprint density at radius 1 is 1.14 bits per heavy atom. The van der Waals surface area contributed by atoms with Crippen LogP contribution in [-0.2, 0) is 0 Å². The molecule has 2 nitrogen and oxygen atoms in total. The standard InChI is InChI=1S/C11H21BN2/c1-10-13-9-11(14(10)12)7-5-3-2-4-6-8-11/h10,13H,2-9H2,1H3. The number of nitrogens with one attached hydrogen (secondary N) is 1. The van der Waals surface area contributed by atoms with Crippen LogP contribution >= 0.6 is 0 Å². The van der Waals surface area contributed by atoms with Crippen LogP contribution in [0.15, 0.2) is 0 Å². The van der Waals surface area contributed by atoms with Crippen LogP contribution in [0.5, 0.6) is 0 Å². The van der Waals surface area contributed by atoms with E-state index in [-0.39, 0.29) is 5.54 Å². The van der Waals surface area contributed by atoms with E-state index in [4.69, 9.17) is 7.98 Å². The summed E-state index contributed by atoms with van der Waals surface area (Å²) in [7, 11) is 6.18. The van der Waals surface area contributed by atoms with E-state index in [1.807, 2.05) is 0 Å². The van der Waals surface area contributed by atoms with Gasteiger partial charge in [-0.3, -0.25) is 0 Å². The van der Waals surface area contributed by atoms with Crippen molar-refractivity contribution >= 4 is 7.98 Å². The highest BCUT2D eigenvalue weighted by Gasteiger charge is 2.40. The minimum Gasteiger partial charge on any atom is -0.334 e. The van der Waals surface area contributed by atoms with Crippen LogP contribution in [0, 0.1) is 0 Å². The van der Waals surface area contributed by atoms with Gasteiger partial charge in [0, 0.05) is 18.2 Å². The molecule has 0 bridgehead atoms. The van der Waals surface area contributed by atoms with Gasteiger partial charge in [0.1, 0.15) is 0 Å². The summed E-state index contributed by atoms with van der Waals surface area (Å²) < 4.78 is 0. The highest BCUT2D eigenvalue weighted by molar-refractivity contribution is 6.05. The summed E-state index contributed by atoms with van der Waals surface area (Å²) in [5.74, 6) is 0. The van der Waals surface area contributed by atoms with Crippen molar-refractivity contribution in [1.29, 1.82) is 0 Å². The summed E-state index contributed by atoms with van der Waals surface area (Å²) in [5.41, 5.74) is 0.278. The molecule has 2 radical (unpaired) electrons. The number of nitrogens with zero attached hydrogens (tertiary/aromatic N) is 1. The van der Waals surface area contributed by atoms with Crippen molar-refractivity contribution in [2.75, 3.05) is 6.54 Å². The third kappa shape index (κ3) is 1.85. The average molecular weight is 192 g/mol. The molecule has 1 aliphatic carbocycles. The molecule has 0 aromatic heterocycles. The molecule has 0 aromatic carbocycles. The monoisotopic (exact) mass is 192 g/mol. The fourth-order valence-corrected chi connectivity index (χ4v) is 2.94. The summed E-state index contributed by atoms with van der Waals surface area (Å²) in [5, 5.41) is 3.48. The molecule has 1 spiro atoms. The van der Waals surface area contributed by atoms with Crippen molar-refractivity contribution in [2.45, 2.75) is 63.6 Å². The van der Waals surface area contributed by atoms with Crippen molar-refractivity contribution in [3.05, 3.63) is 0 Å². The number of rotatable bonds is 0. The summed E-state index contributed by atoms with van der Waals surface area (Å²) in [6.45, 7) is 3.25. The van der Waals surface area contributed by atoms with Gasteiger partial charge >= 0.3 is 0 Å². The lowest BCUT2D eigenvalue weighted by Gasteiger charge is -2.39. The SMILES string of the molecule is [B]N1C(C)NCC12CCCCCCC2. The molecule has 2 fully saturated rings. The minimum absolute atomic E-state index is 0.278. The third-order valence-corrected chi connectivity index (χ3v) is 3.98. The van der Waals surface area contributed by atoms with Gasteiger partial charge in [0.05, 0.1) is 0 Å². The van der Waals surface area contributed by atoms with Gasteiger partial charge in [-0.1, -0.05) is 32.1 Å². The first-order valence-corrected chi connectivity index (χ1v) is 6.02. The van der Waals surface area contributed by atoms with E-state index < -0.39 is 0 Å². The Kier molecular flexibility index (Phi) is 3.18. The molecular formula is C11H21BN2. The van der Waals surface area contributed by atoms with Gasteiger partial charge in [0.15, 0.2) is 7.98 Å². The highest BCUT2D eigenvalue weighted by atomic mass is 15.3. The fraction of sp³-hybridized carbons (Fsp3) is 1.00. The maximum atomic E-state index is 6.18. The van der Waals surface area contributed by atoms with Crippen LogP contribution in [0.4, 0.5) is 0 Å². The Bertz CT molecular complexity index is 188. The molecule has 3 heteroatoms. The van der Waals surface area contributed by atoms with E-state index in [2.05, 4.69) is 17.1 Å². The maximum Gasteiger partial charge on any atom is 0.185 e. The highest BCUT2D eigenvalue weighted by Crippen LogP contribution is 2.34. The summed E-state index contributed by atoms with van der Waals surface area (Å²) in [4.78, 5) is 2.08. The zero-order valence-electron chi connectivity index (χ0n) is 9.26. The number of hydrogen-bond acceptors (Lipinski definition) is 2. The van der Waals surface area contributed by atoms with Crippen LogP contribution in [-0.4, -0.2) is 31.0 Å². The van der Waals surface area contributed by atoms with E-state index in [1.54, 1.807) is 0 Å². The first-order valence-electron chi connectivity index (χ1n) is 6.02. The van der Waals surface area contributed by atoms with E-state index in [0.29, 0.717) is 6.17 Å². The van der Waals surface area contributed by atoms with Gasteiger partial charge < -0.3 is 10.1 Å². The maximum absolute atomic E-state index is 6.18. The van der Waals surface area contributed by atoms with Crippen LogP contribution in [0.1, 0.15) is 51.9 Å². The minimum atomic E-state index is 0.278. The first-order chi connectivity index (χ1) is 6.75. The molecule has 1 atom stereocenters.